The van der Waals surface area contributed by atoms with E-state index < -0.39 is 8.07 Å². The molecule has 0 radical (unpaired) electrons. The van der Waals surface area contributed by atoms with E-state index in [1.165, 1.54) is 0 Å². The molecule has 0 rings (SSSR count). The van der Waals surface area contributed by atoms with Gasteiger partial charge in [0, 0.05) is 0 Å². The van der Waals surface area contributed by atoms with Gasteiger partial charge in [-0.15, -0.1) is 0 Å². The number of carbonyl (C=O) groups excluding carboxylic acids is 4. The Balaban J connectivity index is 4.53. The van der Waals surface area contributed by atoms with E-state index in [0.29, 0.717) is 0 Å². The molecule has 0 atom stereocenters. The molecule has 0 saturated carbocycles. The van der Waals surface area contributed by atoms with Crippen molar-refractivity contribution < 1.29 is 19.2 Å². The molecule has 0 fully saturated rings. The molecule has 0 aliphatic carbocycles. The van der Waals surface area contributed by atoms with Gasteiger partial charge in [-0.25, -0.2) is 0 Å². The first-order chi connectivity index (χ1) is 4.24. The minimum Gasteiger partial charge on any atom is -0.307 e. The summed E-state index contributed by atoms with van der Waals surface area (Å²) in [5.74, 6) is 0.556. The van der Waals surface area contributed by atoms with Crippen molar-refractivity contribution in [3.8, 4) is 0 Å². The average molecular weight is 144 g/mol. The Kier molecular flexibility index (Phi) is 2.66. The van der Waals surface area contributed by atoms with Crippen molar-refractivity contribution in [2.45, 2.75) is 0 Å². The molecule has 0 amide bonds. The van der Waals surface area contributed by atoms with E-state index in [4.69, 9.17) is 0 Å². The van der Waals surface area contributed by atoms with Crippen molar-refractivity contribution in [3.05, 3.63) is 0 Å². The summed E-state index contributed by atoms with van der Waals surface area (Å²) >= 11 is 0. The second-order valence-electron chi connectivity index (χ2n) is 1.47. The Bertz CT molecular complexity index is 115. The fourth-order valence-corrected chi connectivity index (χ4v) is 0.500. The highest BCUT2D eigenvalue weighted by Crippen LogP contribution is 1.81. The monoisotopic (exact) mass is 144 g/mol. The van der Waals surface area contributed by atoms with Gasteiger partial charge < -0.3 is 19.2 Å². The van der Waals surface area contributed by atoms with Gasteiger partial charge in [-0.1, -0.05) is 0 Å². The van der Waals surface area contributed by atoms with Crippen LogP contribution in [0.1, 0.15) is 0 Å². The summed E-state index contributed by atoms with van der Waals surface area (Å²) in [6.45, 7) is 0. The van der Waals surface area contributed by atoms with Crippen molar-refractivity contribution in [2.75, 3.05) is 0 Å². The molecule has 0 aromatic carbocycles. The molecule has 0 heterocycles. The number of hydrogen-bond donors (Lipinski definition) is 0. The van der Waals surface area contributed by atoms with Crippen molar-refractivity contribution in [3.63, 3.8) is 0 Å². The van der Waals surface area contributed by atoms with E-state index in [2.05, 4.69) is 0 Å². The topological polar surface area (TPSA) is 68.3 Å². The molecule has 0 unspecified atom stereocenters. The predicted octanol–water partition coefficient (Wildman–Crippen LogP) is -1.48. The van der Waals surface area contributed by atoms with Gasteiger partial charge >= 0.3 is 8.07 Å². The summed E-state index contributed by atoms with van der Waals surface area (Å²) in [5.41, 5.74) is 0. The quantitative estimate of drug-likeness (QED) is 0.356. The van der Waals surface area contributed by atoms with Crippen molar-refractivity contribution >= 4 is 31.7 Å². The van der Waals surface area contributed by atoms with Crippen LogP contribution in [0.15, 0.2) is 0 Å². The van der Waals surface area contributed by atoms with Crippen LogP contribution < -0.4 is 0 Å². The first-order valence-corrected chi connectivity index (χ1v) is 4.41. The molecule has 0 aromatic heterocycles. The molecule has 0 aliphatic rings. The third kappa shape index (κ3) is 1.39. The summed E-state index contributed by atoms with van der Waals surface area (Å²) < 4.78 is 0. The third-order valence-corrected chi connectivity index (χ3v) is 2.45. The lowest BCUT2D eigenvalue weighted by Crippen LogP contribution is -2.44. The van der Waals surface area contributed by atoms with Gasteiger partial charge in [-0.05, 0) is 0 Å². The van der Waals surface area contributed by atoms with Crippen LogP contribution in [-0.2, 0) is 19.2 Å². The second kappa shape index (κ2) is 3.03. The molecule has 0 aromatic rings. The van der Waals surface area contributed by atoms with E-state index in [-0.39, 0.29) is 23.6 Å². The highest BCUT2D eigenvalue weighted by Gasteiger charge is 2.33. The SMILES string of the molecule is O=C[Si](C=O)(C=O)C=O. The predicted molar refractivity (Wildman–Crippen MR) is 32.8 cm³/mol. The lowest BCUT2D eigenvalue weighted by atomic mass is 11.7. The standard InChI is InChI=1S/C4H4O4Si/c5-1-9(2-6,3-7)4-8/h1-4H. The van der Waals surface area contributed by atoms with Gasteiger partial charge in [0.25, 0.3) is 0 Å². The van der Waals surface area contributed by atoms with Crippen molar-refractivity contribution in [1.29, 1.82) is 0 Å². The van der Waals surface area contributed by atoms with E-state index in [0.717, 1.165) is 0 Å². The highest BCUT2D eigenvalue weighted by atomic mass is 28.3. The molecule has 5 heteroatoms. The minimum absolute atomic E-state index is 0.139. The largest absolute Gasteiger partial charge is 0.331 e. The summed E-state index contributed by atoms with van der Waals surface area (Å²) in [6.07, 6.45) is 0. The smallest absolute Gasteiger partial charge is 0.307 e. The summed E-state index contributed by atoms with van der Waals surface area (Å²) in [5, 5.41) is 0. The Hall–Kier alpha value is -1.10. The van der Waals surface area contributed by atoms with Gasteiger partial charge in [0.15, 0.2) is 0 Å². The molecule has 0 saturated heterocycles. The maximum absolute atomic E-state index is 9.89. The zero-order valence-electron chi connectivity index (χ0n) is 4.44. The third-order valence-electron chi connectivity index (χ3n) is 0.816. The zero-order chi connectivity index (χ0) is 7.33. The normalized spacial score (nSPS) is 9.78. The summed E-state index contributed by atoms with van der Waals surface area (Å²) in [7, 11) is -3.41. The second-order valence-corrected chi connectivity index (χ2v) is 4.41. The Morgan fingerprint density at radius 2 is 0.889 bits per heavy atom. The van der Waals surface area contributed by atoms with Crippen LogP contribution >= 0.6 is 0 Å². The Labute approximate surface area is 51.9 Å². The van der Waals surface area contributed by atoms with Crippen LogP contribution in [0.3, 0.4) is 0 Å². The van der Waals surface area contributed by atoms with E-state index >= 15 is 0 Å². The van der Waals surface area contributed by atoms with Gasteiger partial charge in [-0.2, -0.15) is 0 Å². The van der Waals surface area contributed by atoms with Crippen LogP contribution in [0.25, 0.3) is 0 Å². The molecule has 4 nitrogen and oxygen atoms in total. The number of rotatable bonds is 4. The Morgan fingerprint density at radius 3 is 0.889 bits per heavy atom. The van der Waals surface area contributed by atoms with Gasteiger partial charge in [0.2, 0.25) is 0 Å². The van der Waals surface area contributed by atoms with E-state index in [1.807, 2.05) is 0 Å². The molecule has 9 heavy (non-hydrogen) atoms. The first kappa shape index (κ1) is 7.90. The fraction of sp³-hybridized carbons (Fsp3) is 0. The maximum atomic E-state index is 9.89. The van der Waals surface area contributed by atoms with E-state index in [1.54, 1.807) is 0 Å². The number of hydrogen-bond acceptors (Lipinski definition) is 4. The van der Waals surface area contributed by atoms with E-state index in [9.17, 15) is 19.2 Å². The molecule has 0 N–H and O–H groups in total. The first-order valence-electron chi connectivity index (χ1n) is 2.10. The number of carbonyl (C=O) groups is 4. The Morgan fingerprint density at radius 1 is 0.667 bits per heavy atom. The molecular weight excluding hydrogens is 140 g/mol. The maximum Gasteiger partial charge on any atom is 0.331 e. The van der Waals surface area contributed by atoms with Gasteiger partial charge in [0.1, 0.15) is 23.6 Å². The molecule has 0 bridgehead atoms. The lowest BCUT2D eigenvalue weighted by molar-refractivity contribution is 0.553. The van der Waals surface area contributed by atoms with Crippen LogP contribution in [0.4, 0.5) is 0 Å². The van der Waals surface area contributed by atoms with Gasteiger partial charge in [0.05, 0.1) is 0 Å². The molecule has 48 valence electrons. The van der Waals surface area contributed by atoms with Crippen LogP contribution in [0, 0.1) is 0 Å². The summed E-state index contributed by atoms with van der Waals surface area (Å²) in [6, 6.07) is 0. The molecule has 0 aliphatic heterocycles. The van der Waals surface area contributed by atoms with Gasteiger partial charge in [-0.3, -0.25) is 0 Å². The fourth-order valence-electron chi connectivity index (χ4n) is 0.167. The molecule has 0 spiro atoms. The zero-order valence-corrected chi connectivity index (χ0v) is 5.44. The van der Waals surface area contributed by atoms with Crippen LogP contribution in [-0.4, -0.2) is 31.7 Å². The van der Waals surface area contributed by atoms with Crippen LogP contribution in [0.2, 0.25) is 0 Å². The molecular formula is C4H4O4Si. The highest BCUT2D eigenvalue weighted by molar-refractivity contribution is 7.45. The van der Waals surface area contributed by atoms with Crippen molar-refractivity contribution in [1.82, 2.24) is 0 Å². The summed E-state index contributed by atoms with van der Waals surface area (Å²) in [4.78, 5) is 39.6. The minimum atomic E-state index is -3.41. The average Bonchev–Trinajstić information content (AvgIpc) is 1.95. The van der Waals surface area contributed by atoms with Crippen LogP contribution in [0.5, 0.6) is 0 Å². The lowest BCUT2D eigenvalue weighted by Gasteiger charge is -1.94. The van der Waals surface area contributed by atoms with Crippen molar-refractivity contribution in [2.24, 2.45) is 0 Å².